The molecule has 0 saturated carbocycles. The molecule has 120 valence electrons. The highest BCUT2D eigenvalue weighted by Crippen LogP contribution is 2.09. The fourth-order valence-corrected chi connectivity index (χ4v) is 2.49. The summed E-state index contributed by atoms with van der Waals surface area (Å²) in [4.78, 5) is 0. The molecule has 0 aromatic rings. The molecule has 0 rings (SSSR count). The third-order valence-corrected chi connectivity index (χ3v) is 4.14. The highest BCUT2D eigenvalue weighted by Gasteiger charge is 1.96. The Morgan fingerprint density at radius 2 is 1.25 bits per heavy atom. The number of allylic oxidation sites excluding steroid dienone is 2. The zero-order valence-corrected chi connectivity index (χ0v) is 14.4. The van der Waals surface area contributed by atoms with Crippen molar-refractivity contribution in [1.82, 2.24) is 5.32 Å². The van der Waals surface area contributed by atoms with Crippen LogP contribution in [0.5, 0.6) is 0 Å². The number of unbranched alkanes of at least 4 members (excludes halogenated alkanes) is 10. The van der Waals surface area contributed by atoms with Gasteiger partial charge in [-0.3, -0.25) is 0 Å². The van der Waals surface area contributed by atoms with E-state index in [1.165, 1.54) is 83.5 Å². The van der Waals surface area contributed by atoms with Crippen molar-refractivity contribution < 1.29 is 0 Å². The van der Waals surface area contributed by atoms with E-state index in [2.05, 4.69) is 38.4 Å². The van der Waals surface area contributed by atoms with Gasteiger partial charge in [-0.05, 0) is 46.1 Å². The van der Waals surface area contributed by atoms with E-state index in [0.717, 1.165) is 0 Å². The molecule has 0 aromatic heterocycles. The Labute approximate surface area is 128 Å². The van der Waals surface area contributed by atoms with E-state index in [9.17, 15) is 0 Å². The van der Waals surface area contributed by atoms with E-state index in [1.807, 2.05) is 0 Å². The molecule has 0 aromatic carbocycles. The topological polar surface area (TPSA) is 12.0 Å². The largest absolute Gasteiger partial charge is 0.317 e. The maximum absolute atomic E-state index is 3.30. The van der Waals surface area contributed by atoms with Crippen molar-refractivity contribution in [1.29, 1.82) is 0 Å². The number of hydrogen-bond acceptors (Lipinski definition) is 1. The van der Waals surface area contributed by atoms with Gasteiger partial charge in [0.15, 0.2) is 0 Å². The van der Waals surface area contributed by atoms with Gasteiger partial charge in [0.1, 0.15) is 0 Å². The van der Waals surface area contributed by atoms with Crippen molar-refractivity contribution in [3.63, 3.8) is 0 Å². The zero-order chi connectivity index (χ0) is 14.9. The lowest BCUT2D eigenvalue weighted by atomic mass is 10.1. The van der Waals surface area contributed by atoms with Crippen molar-refractivity contribution in [3.8, 4) is 0 Å². The van der Waals surface area contributed by atoms with Crippen molar-refractivity contribution in [2.45, 2.75) is 103 Å². The van der Waals surface area contributed by atoms with Crippen molar-refractivity contribution >= 4 is 0 Å². The predicted molar refractivity (Wildman–Crippen MR) is 93.4 cm³/mol. The molecule has 1 unspecified atom stereocenters. The van der Waals surface area contributed by atoms with Gasteiger partial charge >= 0.3 is 0 Å². The van der Waals surface area contributed by atoms with Gasteiger partial charge < -0.3 is 5.32 Å². The van der Waals surface area contributed by atoms with E-state index in [1.54, 1.807) is 0 Å². The lowest BCUT2D eigenvalue weighted by Crippen LogP contribution is -2.20. The molecule has 0 radical (unpaired) electrons. The molecule has 0 heterocycles. The van der Waals surface area contributed by atoms with E-state index in [-0.39, 0.29) is 0 Å². The van der Waals surface area contributed by atoms with E-state index in [0.29, 0.717) is 6.04 Å². The monoisotopic (exact) mass is 281 g/mol. The first-order chi connectivity index (χ1) is 9.81. The Morgan fingerprint density at radius 1 is 0.750 bits per heavy atom. The van der Waals surface area contributed by atoms with Crippen LogP contribution in [0.15, 0.2) is 12.2 Å². The van der Waals surface area contributed by atoms with Gasteiger partial charge in [-0.2, -0.15) is 0 Å². The summed E-state index contributed by atoms with van der Waals surface area (Å²) in [6.07, 6.45) is 22.7. The van der Waals surface area contributed by atoms with Gasteiger partial charge in [-0.15, -0.1) is 0 Å². The van der Waals surface area contributed by atoms with Crippen LogP contribution in [0.3, 0.4) is 0 Å². The molecule has 1 nitrogen and oxygen atoms in total. The third kappa shape index (κ3) is 15.8. The molecule has 0 amide bonds. The average molecular weight is 282 g/mol. The number of rotatable bonds is 15. The van der Waals surface area contributed by atoms with Crippen LogP contribution in [0, 0.1) is 0 Å². The van der Waals surface area contributed by atoms with Crippen LogP contribution in [0.1, 0.15) is 97.3 Å². The molecule has 0 saturated heterocycles. The Morgan fingerprint density at radius 3 is 1.80 bits per heavy atom. The second kappa shape index (κ2) is 16.8. The molecule has 0 aliphatic carbocycles. The zero-order valence-electron chi connectivity index (χ0n) is 14.4. The molecule has 1 heteroatoms. The van der Waals surface area contributed by atoms with Crippen LogP contribution in [0.2, 0.25) is 0 Å². The maximum Gasteiger partial charge on any atom is 0.00357 e. The van der Waals surface area contributed by atoms with Gasteiger partial charge in [0.05, 0.1) is 0 Å². The van der Waals surface area contributed by atoms with E-state index in [4.69, 9.17) is 0 Å². The van der Waals surface area contributed by atoms with Crippen LogP contribution in [-0.2, 0) is 0 Å². The Hall–Kier alpha value is -0.300. The molecule has 0 fully saturated rings. The molecular weight excluding hydrogens is 242 g/mol. The fraction of sp³-hybridized carbons (Fsp3) is 0.895. The van der Waals surface area contributed by atoms with E-state index >= 15 is 0 Å². The Kier molecular flexibility index (Phi) is 16.5. The third-order valence-electron chi connectivity index (χ3n) is 4.14. The van der Waals surface area contributed by atoms with Crippen LogP contribution in [-0.4, -0.2) is 13.1 Å². The highest BCUT2D eigenvalue weighted by atomic mass is 14.8. The van der Waals surface area contributed by atoms with Gasteiger partial charge in [0.25, 0.3) is 0 Å². The molecule has 1 atom stereocenters. The predicted octanol–water partition coefficient (Wildman–Crippen LogP) is 6.24. The Balaban J connectivity index is 3.09. The summed E-state index contributed by atoms with van der Waals surface area (Å²) in [5, 5.41) is 3.30. The van der Waals surface area contributed by atoms with Gasteiger partial charge in [0, 0.05) is 6.04 Å². The molecule has 0 aliphatic heterocycles. The Bertz CT molecular complexity index is 198. The second-order valence-corrected chi connectivity index (χ2v) is 6.21. The van der Waals surface area contributed by atoms with Crippen molar-refractivity contribution in [3.05, 3.63) is 12.2 Å². The summed E-state index contributed by atoms with van der Waals surface area (Å²) >= 11 is 0. The van der Waals surface area contributed by atoms with Crippen LogP contribution < -0.4 is 5.32 Å². The van der Waals surface area contributed by atoms with E-state index < -0.39 is 0 Å². The van der Waals surface area contributed by atoms with Crippen molar-refractivity contribution in [2.75, 3.05) is 7.05 Å². The summed E-state index contributed by atoms with van der Waals surface area (Å²) in [7, 11) is 2.05. The standard InChI is InChI=1S/C19H39N/c1-4-5-6-7-8-9-10-11-12-13-14-15-16-17-18-19(2)20-3/h11-12,19-20H,4-10,13-18H2,1-3H3. The minimum atomic E-state index is 0.687. The summed E-state index contributed by atoms with van der Waals surface area (Å²) in [5.74, 6) is 0. The molecule has 0 bridgehead atoms. The first kappa shape index (κ1) is 19.7. The molecule has 0 aliphatic rings. The summed E-state index contributed by atoms with van der Waals surface area (Å²) in [6.45, 7) is 4.55. The smallest absolute Gasteiger partial charge is 0.00357 e. The molecular formula is C19H39N. The maximum atomic E-state index is 3.30. The molecule has 20 heavy (non-hydrogen) atoms. The van der Waals surface area contributed by atoms with Crippen LogP contribution in [0.25, 0.3) is 0 Å². The lowest BCUT2D eigenvalue weighted by molar-refractivity contribution is 0.515. The van der Waals surface area contributed by atoms with Crippen molar-refractivity contribution in [2.24, 2.45) is 0 Å². The first-order valence-electron chi connectivity index (χ1n) is 9.13. The highest BCUT2D eigenvalue weighted by molar-refractivity contribution is 4.81. The minimum absolute atomic E-state index is 0.687. The SMILES string of the molecule is CCCCCCCCC=CCCCCCCC(C)NC. The number of hydrogen-bond donors (Lipinski definition) is 1. The van der Waals surface area contributed by atoms with Gasteiger partial charge in [-0.1, -0.05) is 70.4 Å². The minimum Gasteiger partial charge on any atom is -0.317 e. The summed E-state index contributed by atoms with van der Waals surface area (Å²) in [5.41, 5.74) is 0. The second-order valence-electron chi connectivity index (χ2n) is 6.21. The normalized spacial score (nSPS) is 13.2. The first-order valence-corrected chi connectivity index (χ1v) is 9.13. The fourth-order valence-electron chi connectivity index (χ4n) is 2.49. The van der Waals surface area contributed by atoms with Crippen LogP contribution >= 0.6 is 0 Å². The average Bonchev–Trinajstić information content (AvgIpc) is 2.47. The molecule has 0 spiro atoms. The lowest BCUT2D eigenvalue weighted by Gasteiger charge is -2.08. The summed E-state index contributed by atoms with van der Waals surface area (Å²) in [6, 6.07) is 0.687. The van der Waals surface area contributed by atoms with Gasteiger partial charge in [0.2, 0.25) is 0 Å². The number of nitrogens with one attached hydrogen (secondary N) is 1. The molecule has 1 N–H and O–H groups in total. The quantitative estimate of drug-likeness (QED) is 0.277. The van der Waals surface area contributed by atoms with Gasteiger partial charge in [-0.25, -0.2) is 0 Å². The summed E-state index contributed by atoms with van der Waals surface area (Å²) < 4.78 is 0. The van der Waals surface area contributed by atoms with Crippen LogP contribution in [0.4, 0.5) is 0 Å².